The molecule has 0 bridgehead atoms. The fourth-order valence-corrected chi connectivity index (χ4v) is 1.15. The fraction of sp³-hybridized carbons (Fsp3) is 0.455. The summed E-state index contributed by atoms with van der Waals surface area (Å²) in [4.78, 5) is 0. The van der Waals surface area contributed by atoms with Crippen molar-refractivity contribution in [1.82, 2.24) is 0 Å². The molecular weight excluding hydrogens is 148 g/mol. The molecule has 0 saturated heterocycles. The third-order valence-corrected chi connectivity index (χ3v) is 2.05. The van der Waals surface area contributed by atoms with Crippen LogP contribution in [-0.4, -0.2) is 5.11 Å². The van der Waals surface area contributed by atoms with Crippen LogP contribution in [0.25, 0.3) is 0 Å². The first-order valence-electron chi connectivity index (χ1n) is 4.36. The first-order chi connectivity index (χ1) is 5.61. The van der Waals surface area contributed by atoms with Gasteiger partial charge in [0, 0.05) is 0 Å². The van der Waals surface area contributed by atoms with E-state index < -0.39 is 0 Å². The molecule has 0 spiro atoms. The maximum absolute atomic E-state index is 9.69. The van der Waals surface area contributed by atoms with Crippen molar-refractivity contribution in [2.45, 2.75) is 26.9 Å². The number of rotatable bonds is 2. The van der Waals surface area contributed by atoms with Crippen LogP contribution in [0.15, 0.2) is 24.3 Å². The topological polar surface area (TPSA) is 20.2 Å². The summed E-state index contributed by atoms with van der Waals surface area (Å²) < 4.78 is 0. The SMILES string of the molecule is Cc1ccc([C@H](O)C(C)C)cc1. The van der Waals surface area contributed by atoms with Gasteiger partial charge in [0.05, 0.1) is 6.10 Å². The molecule has 0 aromatic heterocycles. The maximum Gasteiger partial charge on any atom is 0.0812 e. The normalized spacial score (nSPS) is 13.4. The molecule has 0 unspecified atom stereocenters. The second-order valence-corrected chi connectivity index (χ2v) is 3.60. The standard InChI is InChI=1S/C11H16O/c1-8(2)11(12)10-6-4-9(3)5-7-10/h4-8,11-12H,1-3H3/t11-/m1/s1. The number of hydrogen-bond donors (Lipinski definition) is 1. The molecular formula is C11H16O. The predicted octanol–water partition coefficient (Wildman–Crippen LogP) is 2.68. The van der Waals surface area contributed by atoms with Crippen LogP contribution in [0.1, 0.15) is 31.1 Å². The average molecular weight is 164 g/mol. The van der Waals surface area contributed by atoms with Gasteiger partial charge in [0.1, 0.15) is 0 Å². The van der Waals surface area contributed by atoms with Crippen molar-refractivity contribution < 1.29 is 5.11 Å². The summed E-state index contributed by atoms with van der Waals surface area (Å²) in [7, 11) is 0. The van der Waals surface area contributed by atoms with Crippen LogP contribution >= 0.6 is 0 Å². The highest BCUT2D eigenvalue weighted by atomic mass is 16.3. The van der Waals surface area contributed by atoms with Gasteiger partial charge in [0.25, 0.3) is 0 Å². The summed E-state index contributed by atoms with van der Waals surface area (Å²) in [5.41, 5.74) is 2.24. The Morgan fingerprint density at radius 1 is 1.08 bits per heavy atom. The zero-order valence-corrected chi connectivity index (χ0v) is 7.91. The molecule has 0 saturated carbocycles. The van der Waals surface area contributed by atoms with E-state index in [1.54, 1.807) is 0 Å². The Bertz CT molecular complexity index is 236. The van der Waals surface area contributed by atoms with E-state index in [1.165, 1.54) is 5.56 Å². The van der Waals surface area contributed by atoms with Crippen LogP contribution in [0.2, 0.25) is 0 Å². The maximum atomic E-state index is 9.69. The molecule has 1 rings (SSSR count). The number of aliphatic hydroxyl groups excluding tert-OH is 1. The van der Waals surface area contributed by atoms with Gasteiger partial charge in [0.2, 0.25) is 0 Å². The van der Waals surface area contributed by atoms with Gasteiger partial charge in [-0.25, -0.2) is 0 Å². The van der Waals surface area contributed by atoms with Crippen LogP contribution in [0.3, 0.4) is 0 Å². The van der Waals surface area contributed by atoms with Gasteiger partial charge in [-0.2, -0.15) is 0 Å². The van der Waals surface area contributed by atoms with Crippen molar-refractivity contribution in [1.29, 1.82) is 0 Å². The number of hydrogen-bond acceptors (Lipinski definition) is 1. The van der Waals surface area contributed by atoms with E-state index in [0.717, 1.165) is 5.56 Å². The van der Waals surface area contributed by atoms with Crippen LogP contribution in [0.4, 0.5) is 0 Å². The van der Waals surface area contributed by atoms with E-state index in [1.807, 2.05) is 45.0 Å². The minimum absolute atomic E-state index is 0.285. The molecule has 1 atom stereocenters. The molecule has 1 heteroatoms. The van der Waals surface area contributed by atoms with E-state index in [-0.39, 0.29) is 12.0 Å². The van der Waals surface area contributed by atoms with Gasteiger partial charge in [0.15, 0.2) is 0 Å². The first kappa shape index (κ1) is 9.27. The van der Waals surface area contributed by atoms with E-state index in [0.29, 0.717) is 0 Å². The number of aliphatic hydroxyl groups is 1. The number of benzene rings is 1. The summed E-state index contributed by atoms with van der Waals surface area (Å²) >= 11 is 0. The molecule has 1 N–H and O–H groups in total. The van der Waals surface area contributed by atoms with E-state index in [9.17, 15) is 5.11 Å². The lowest BCUT2D eigenvalue weighted by Crippen LogP contribution is -2.04. The largest absolute Gasteiger partial charge is 0.388 e. The second-order valence-electron chi connectivity index (χ2n) is 3.60. The third kappa shape index (κ3) is 2.08. The monoisotopic (exact) mass is 164 g/mol. The van der Waals surface area contributed by atoms with Gasteiger partial charge in [-0.1, -0.05) is 43.7 Å². The van der Waals surface area contributed by atoms with Gasteiger partial charge >= 0.3 is 0 Å². The number of aryl methyl sites for hydroxylation is 1. The molecule has 0 heterocycles. The van der Waals surface area contributed by atoms with Crippen molar-refractivity contribution in [3.8, 4) is 0 Å². The molecule has 66 valence electrons. The van der Waals surface area contributed by atoms with Gasteiger partial charge in [-0.05, 0) is 18.4 Å². The molecule has 0 aliphatic heterocycles. The summed E-state index contributed by atoms with van der Waals surface area (Å²) in [5, 5.41) is 9.69. The second kappa shape index (κ2) is 3.72. The predicted molar refractivity (Wildman–Crippen MR) is 51.0 cm³/mol. The Hall–Kier alpha value is -0.820. The van der Waals surface area contributed by atoms with E-state index in [2.05, 4.69) is 0 Å². The quantitative estimate of drug-likeness (QED) is 0.712. The lowest BCUT2D eigenvalue weighted by molar-refractivity contribution is 0.127. The minimum Gasteiger partial charge on any atom is -0.388 e. The van der Waals surface area contributed by atoms with E-state index >= 15 is 0 Å². The Labute approximate surface area is 74.1 Å². The first-order valence-corrected chi connectivity index (χ1v) is 4.36. The van der Waals surface area contributed by atoms with Crippen LogP contribution in [-0.2, 0) is 0 Å². The molecule has 0 aliphatic rings. The van der Waals surface area contributed by atoms with Gasteiger partial charge in [-0.3, -0.25) is 0 Å². The molecule has 0 fully saturated rings. The minimum atomic E-state index is -0.328. The molecule has 1 nitrogen and oxygen atoms in total. The fourth-order valence-electron chi connectivity index (χ4n) is 1.15. The summed E-state index contributed by atoms with van der Waals surface area (Å²) in [6.07, 6.45) is -0.328. The lowest BCUT2D eigenvalue weighted by Gasteiger charge is -2.14. The van der Waals surface area contributed by atoms with Crippen LogP contribution in [0.5, 0.6) is 0 Å². The van der Waals surface area contributed by atoms with Crippen molar-refractivity contribution in [2.24, 2.45) is 5.92 Å². The summed E-state index contributed by atoms with van der Waals surface area (Å²) in [5.74, 6) is 0.285. The molecule has 0 radical (unpaired) electrons. The zero-order valence-electron chi connectivity index (χ0n) is 7.91. The molecule has 0 amide bonds. The van der Waals surface area contributed by atoms with Crippen molar-refractivity contribution >= 4 is 0 Å². The highest BCUT2D eigenvalue weighted by molar-refractivity contribution is 5.23. The van der Waals surface area contributed by atoms with Crippen LogP contribution < -0.4 is 0 Å². The summed E-state index contributed by atoms with van der Waals surface area (Å²) in [6, 6.07) is 8.03. The molecule has 1 aromatic carbocycles. The third-order valence-electron chi connectivity index (χ3n) is 2.05. The Balaban J connectivity index is 2.82. The molecule has 1 aromatic rings. The Morgan fingerprint density at radius 2 is 1.58 bits per heavy atom. The van der Waals surface area contributed by atoms with Crippen molar-refractivity contribution in [2.75, 3.05) is 0 Å². The zero-order chi connectivity index (χ0) is 9.14. The van der Waals surface area contributed by atoms with Crippen LogP contribution in [0, 0.1) is 12.8 Å². The average Bonchev–Trinajstić information content (AvgIpc) is 2.04. The Morgan fingerprint density at radius 3 is 2.00 bits per heavy atom. The summed E-state index contributed by atoms with van der Waals surface area (Å²) in [6.45, 7) is 6.08. The van der Waals surface area contributed by atoms with Crippen molar-refractivity contribution in [3.05, 3.63) is 35.4 Å². The lowest BCUT2D eigenvalue weighted by atomic mass is 9.98. The van der Waals surface area contributed by atoms with Gasteiger partial charge < -0.3 is 5.11 Å². The Kier molecular flexibility index (Phi) is 2.88. The van der Waals surface area contributed by atoms with E-state index in [4.69, 9.17) is 0 Å². The highest BCUT2D eigenvalue weighted by Crippen LogP contribution is 2.20. The highest BCUT2D eigenvalue weighted by Gasteiger charge is 2.10. The molecule has 0 aliphatic carbocycles. The van der Waals surface area contributed by atoms with Crippen molar-refractivity contribution in [3.63, 3.8) is 0 Å². The van der Waals surface area contributed by atoms with Gasteiger partial charge in [-0.15, -0.1) is 0 Å². The smallest absolute Gasteiger partial charge is 0.0812 e. The molecule has 12 heavy (non-hydrogen) atoms.